The van der Waals surface area contributed by atoms with E-state index in [4.69, 9.17) is 5.73 Å². The Bertz CT molecular complexity index is 844. The lowest BCUT2D eigenvalue weighted by Crippen LogP contribution is -1.91. The van der Waals surface area contributed by atoms with Crippen LogP contribution in [-0.4, -0.2) is 0 Å². The van der Waals surface area contributed by atoms with Crippen molar-refractivity contribution in [2.24, 2.45) is 0 Å². The Balaban J connectivity index is 1.70. The molecule has 1 heteroatoms. The molecular formula is C21H19N. The summed E-state index contributed by atoms with van der Waals surface area (Å²) in [7, 11) is 0. The summed E-state index contributed by atoms with van der Waals surface area (Å²) >= 11 is 0. The minimum atomic E-state index is 0.821. The van der Waals surface area contributed by atoms with Crippen molar-refractivity contribution < 1.29 is 0 Å². The van der Waals surface area contributed by atoms with E-state index in [-0.39, 0.29) is 0 Å². The maximum absolute atomic E-state index is 5.76. The van der Waals surface area contributed by atoms with Crippen LogP contribution in [0.15, 0.2) is 60.7 Å². The zero-order valence-electron chi connectivity index (χ0n) is 12.8. The van der Waals surface area contributed by atoms with Crippen LogP contribution in [0.4, 0.5) is 5.69 Å². The number of rotatable bonds is 2. The molecule has 0 unspecified atom stereocenters. The Morgan fingerprint density at radius 1 is 0.773 bits per heavy atom. The topological polar surface area (TPSA) is 26.0 Å². The molecule has 0 aliphatic heterocycles. The van der Waals surface area contributed by atoms with Crippen LogP contribution in [0, 0.1) is 6.92 Å². The molecule has 0 bridgehead atoms. The number of nitrogens with two attached hydrogens (primary N) is 1. The van der Waals surface area contributed by atoms with Crippen LogP contribution in [0.3, 0.4) is 0 Å². The molecule has 0 fully saturated rings. The lowest BCUT2D eigenvalue weighted by atomic mass is 9.98. The summed E-state index contributed by atoms with van der Waals surface area (Å²) in [6.07, 6.45) is 2.02. The summed E-state index contributed by atoms with van der Waals surface area (Å²) in [6.45, 7) is 2.16. The van der Waals surface area contributed by atoms with Gasteiger partial charge in [0, 0.05) is 5.69 Å². The van der Waals surface area contributed by atoms with E-state index in [9.17, 15) is 0 Å². The van der Waals surface area contributed by atoms with Crippen molar-refractivity contribution >= 4 is 5.69 Å². The van der Waals surface area contributed by atoms with Gasteiger partial charge in [0.25, 0.3) is 0 Å². The van der Waals surface area contributed by atoms with Crippen LogP contribution in [0.2, 0.25) is 0 Å². The molecule has 3 aromatic carbocycles. The van der Waals surface area contributed by atoms with Crippen molar-refractivity contribution in [2.75, 3.05) is 5.73 Å². The van der Waals surface area contributed by atoms with Gasteiger partial charge in [-0.25, -0.2) is 0 Å². The third kappa shape index (κ3) is 2.29. The second kappa shape index (κ2) is 5.03. The first kappa shape index (κ1) is 13.1. The van der Waals surface area contributed by atoms with Gasteiger partial charge in [0.15, 0.2) is 0 Å². The van der Waals surface area contributed by atoms with Crippen LogP contribution in [0.1, 0.15) is 27.8 Å². The van der Waals surface area contributed by atoms with Crippen molar-refractivity contribution in [3.63, 3.8) is 0 Å². The maximum atomic E-state index is 5.76. The molecular weight excluding hydrogens is 266 g/mol. The Labute approximate surface area is 131 Å². The fourth-order valence-corrected chi connectivity index (χ4v) is 3.31. The largest absolute Gasteiger partial charge is 0.399 e. The molecule has 2 N–H and O–H groups in total. The van der Waals surface area contributed by atoms with Crippen molar-refractivity contribution in [3.05, 3.63) is 88.5 Å². The van der Waals surface area contributed by atoms with Gasteiger partial charge in [-0.3, -0.25) is 0 Å². The van der Waals surface area contributed by atoms with Crippen molar-refractivity contribution in [1.82, 2.24) is 0 Å². The van der Waals surface area contributed by atoms with Crippen molar-refractivity contribution in [1.29, 1.82) is 0 Å². The van der Waals surface area contributed by atoms with Gasteiger partial charge in [0.2, 0.25) is 0 Å². The summed E-state index contributed by atoms with van der Waals surface area (Å²) in [5, 5.41) is 0. The first-order chi connectivity index (χ1) is 10.7. The predicted octanol–water partition coefficient (Wildman–Crippen LogP) is 4.74. The highest BCUT2D eigenvalue weighted by molar-refractivity contribution is 5.77. The van der Waals surface area contributed by atoms with E-state index in [2.05, 4.69) is 55.5 Å². The lowest BCUT2D eigenvalue weighted by molar-refractivity contribution is 1.18. The molecule has 22 heavy (non-hydrogen) atoms. The van der Waals surface area contributed by atoms with Crippen LogP contribution >= 0.6 is 0 Å². The molecule has 108 valence electrons. The Kier molecular flexibility index (Phi) is 3.00. The van der Waals surface area contributed by atoms with E-state index in [1.165, 1.54) is 38.9 Å². The first-order valence-electron chi connectivity index (χ1n) is 7.75. The van der Waals surface area contributed by atoms with Gasteiger partial charge in [0.05, 0.1) is 0 Å². The Morgan fingerprint density at radius 2 is 1.41 bits per heavy atom. The molecule has 0 atom stereocenters. The van der Waals surface area contributed by atoms with E-state index >= 15 is 0 Å². The fourth-order valence-electron chi connectivity index (χ4n) is 3.31. The van der Waals surface area contributed by atoms with Gasteiger partial charge in [0.1, 0.15) is 0 Å². The van der Waals surface area contributed by atoms with Crippen molar-refractivity contribution in [3.8, 4) is 11.1 Å². The zero-order chi connectivity index (χ0) is 15.1. The van der Waals surface area contributed by atoms with E-state index < -0.39 is 0 Å². The number of nitrogen functional groups attached to an aromatic ring is 1. The van der Waals surface area contributed by atoms with Gasteiger partial charge < -0.3 is 5.73 Å². The van der Waals surface area contributed by atoms with Gasteiger partial charge in [-0.2, -0.15) is 0 Å². The average molecular weight is 285 g/mol. The van der Waals surface area contributed by atoms with Crippen LogP contribution < -0.4 is 5.73 Å². The molecule has 1 aliphatic carbocycles. The molecule has 0 spiro atoms. The van der Waals surface area contributed by atoms with Gasteiger partial charge >= 0.3 is 0 Å². The summed E-state index contributed by atoms with van der Waals surface area (Å²) in [4.78, 5) is 0. The van der Waals surface area contributed by atoms with Gasteiger partial charge in [-0.15, -0.1) is 0 Å². The summed E-state index contributed by atoms with van der Waals surface area (Å²) in [5.41, 5.74) is 16.3. The quantitative estimate of drug-likeness (QED) is 0.529. The Morgan fingerprint density at radius 3 is 2.18 bits per heavy atom. The first-order valence-corrected chi connectivity index (χ1v) is 7.75. The highest BCUT2D eigenvalue weighted by Gasteiger charge is 2.18. The van der Waals surface area contributed by atoms with E-state index in [1.807, 2.05) is 12.1 Å². The number of anilines is 1. The van der Waals surface area contributed by atoms with E-state index in [1.54, 1.807) is 0 Å². The Hall–Kier alpha value is -2.54. The molecule has 1 nitrogen and oxygen atoms in total. The van der Waals surface area contributed by atoms with Crippen LogP contribution in [0.5, 0.6) is 0 Å². The predicted molar refractivity (Wildman–Crippen MR) is 93.1 cm³/mol. The number of benzene rings is 3. The summed E-state index contributed by atoms with van der Waals surface area (Å²) in [5.74, 6) is 0. The molecule has 0 amide bonds. The minimum absolute atomic E-state index is 0.821. The van der Waals surface area contributed by atoms with Crippen molar-refractivity contribution in [2.45, 2.75) is 19.8 Å². The smallest absolute Gasteiger partial charge is 0.0314 e. The monoisotopic (exact) mass is 285 g/mol. The van der Waals surface area contributed by atoms with Gasteiger partial charge in [-0.05, 0) is 65.3 Å². The van der Waals surface area contributed by atoms with Gasteiger partial charge in [-0.1, -0.05) is 54.1 Å². The third-order valence-corrected chi connectivity index (χ3v) is 4.50. The maximum Gasteiger partial charge on any atom is 0.0314 e. The summed E-state index contributed by atoms with van der Waals surface area (Å²) < 4.78 is 0. The van der Waals surface area contributed by atoms with E-state index in [0.29, 0.717) is 0 Å². The number of hydrogen-bond acceptors (Lipinski definition) is 1. The number of fused-ring (bicyclic) bond motifs is 3. The minimum Gasteiger partial charge on any atom is -0.399 e. The van der Waals surface area contributed by atoms with Crippen LogP contribution in [0.25, 0.3) is 11.1 Å². The number of hydrogen-bond donors (Lipinski definition) is 1. The van der Waals surface area contributed by atoms with E-state index in [0.717, 1.165) is 18.5 Å². The lowest BCUT2D eigenvalue weighted by Gasteiger charge is -2.07. The average Bonchev–Trinajstić information content (AvgIpc) is 2.87. The zero-order valence-corrected chi connectivity index (χ0v) is 12.8. The second-order valence-corrected chi connectivity index (χ2v) is 6.25. The molecule has 0 saturated carbocycles. The molecule has 0 aromatic heterocycles. The molecule has 4 rings (SSSR count). The fraction of sp³-hybridized carbons (Fsp3) is 0.143. The normalized spacial score (nSPS) is 12.0. The molecule has 0 saturated heterocycles. The third-order valence-electron chi connectivity index (χ3n) is 4.50. The number of aryl methyl sites for hydroxylation is 1. The SMILES string of the molecule is Cc1ccc2c(c1)-c1cc(Cc3ccc(N)cc3)ccc1C2. The highest BCUT2D eigenvalue weighted by Crippen LogP contribution is 2.37. The molecule has 0 heterocycles. The molecule has 0 radical (unpaired) electrons. The van der Waals surface area contributed by atoms with Crippen LogP contribution in [-0.2, 0) is 12.8 Å². The molecule has 3 aromatic rings. The summed E-state index contributed by atoms with van der Waals surface area (Å²) in [6, 6.07) is 21.9. The standard InChI is InChI=1S/C21H19N/c1-14-2-6-17-13-18-7-3-16(12-21(18)20(17)10-14)11-15-4-8-19(22)9-5-15/h2-10,12H,11,13,22H2,1H3. The second-order valence-electron chi connectivity index (χ2n) is 6.25. The molecule has 1 aliphatic rings. The highest BCUT2D eigenvalue weighted by atomic mass is 14.5.